The second-order valence-corrected chi connectivity index (χ2v) is 9.10. The van der Waals surface area contributed by atoms with Crippen LogP contribution >= 0.6 is 0 Å². The Labute approximate surface area is 193 Å². The third kappa shape index (κ3) is 5.03. The summed E-state index contributed by atoms with van der Waals surface area (Å²) in [7, 11) is 0. The van der Waals surface area contributed by atoms with Gasteiger partial charge in [-0.2, -0.15) is 0 Å². The summed E-state index contributed by atoms with van der Waals surface area (Å²) in [6, 6.07) is 14.3. The molecule has 0 saturated carbocycles. The normalized spacial score (nSPS) is 23.6. The molecule has 33 heavy (non-hydrogen) atoms. The van der Waals surface area contributed by atoms with Gasteiger partial charge in [-0.15, -0.1) is 0 Å². The maximum atomic E-state index is 13.1. The molecule has 7 heteroatoms. The van der Waals surface area contributed by atoms with Crippen LogP contribution in [0.2, 0.25) is 0 Å². The van der Waals surface area contributed by atoms with E-state index in [1.165, 1.54) is 17.0 Å². The first-order valence-electron chi connectivity index (χ1n) is 11.3. The largest absolute Gasteiger partial charge is 0.454 e. The Morgan fingerprint density at radius 3 is 2.18 bits per heavy atom. The Kier molecular flexibility index (Phi) is 6.70. The first-order chi connectivity index (χ1) is 15.8. The van der Waals surface area contributed by atoms with Crippen molar-refractivity contribution in [3.05, 3.63) is 65.7 Å². The number of anilines is 1. The van der Waals surface area contributed by atoms with Crippen LogP contribution in [-0.2, 0) is 14.3 Å². The number of carbonyl (C=O) groups is 4. The molecule has 2 aliphatic heterocycles. The standard InChI is InChI=1S/C26H28N2O5/c1-17-12-18(2)15-27(14-17)22-13-24(30)28(25(22)31)21-10-8-20(9-11-21)26(32)33-16-23(29)19-6-4-3-5-7-19/h3-11,17-18,22H,12-16H2,1-2H3. The van der Waals surface area contributed by atoms with Gasteiger partial charge in [0.25, 0.3) is 5.91 Å². The van der Waals surface area contributed by atoms with Gasteiger partial charge < -0.3 is 4.74 Å². The van der Waals surface area contributed by atoms with Crippen LogP contribution in [0.4, 0.5) is 5.69 Å². The summed E-state index contributed by atoms with van der Waals surface area (Å²) in [4.78, 5) is 53.6. The second kappa shape index (κ2) is 9.67. The minimum absolute atomic E-state index is 0.170. The molecule has 2 saturated heterocycles. The van der Waals surface area contributed by atoms with Gasteiger partial charge in [0, 0.05) is 18.7 Å². The number of Topliss-reactive ketones (excluding diaryl/α,β-unsaturated/α-hetero) is 1. The van der Waals surface area contributed by atoms with E-state index < -0.39 is 12.0 Å². The van der Waals surface area contributed by atoms with Crippen molar-refractivity contribution in [3.8, 4) is 0 Å². The van der Waals surface area contributed by atoms with Crippen LogP contribution in [0.15, 0.2) is 54.6 Å². The van der Waals surface area contributed by atoms with Crippen LogP contribution in [0, 0.1) is 11.8 Å². The Morgan fingerprint density at radius 1 is 0.909 bits per heavy atom. The topological polar surface area (TPSA) is 84.0 Å². The van der Waals surface area contributed by atoms with Crippen LogP contribution in [0.1, 0.15) is 47.4 Å². The number of likely N-dealkylation sites (tertiary alicyclic amines) is 1. The average molecular weight is 449 g/mol. The number of hydrogen-bond acceptors (Lipinski definition) is 6. The number of carbonyl (C=O) groups excluding carboxylic acids is 4. The van der Waals surface area contributed by atoms with Gasteiger partial charge in [-0.3, -0.25) is 19.3 Å². The molecule has 0 radical (unpaired) electrons. The van der Waals surface area contributed by atoms with E-state index in [1.54, 1.807) is 42.5 Å². The smallest absolute Gasteiger partial charge is 0.338 e. The van der Waals surface area contributed by atoms with Gasteiger partial charge in [0.15, 0.2) is 12.4 Å². The van der Waals surface area contributed by atoms with Crippen molar-refractivity contribution in [1.82, 2.24) is 4.90 Å². The number of hydrogen-bond donors (Lipinski definition) is 0. The molecule has 7 nitrogen and oxygen atoms in total. The lowest BCUT2D eigenvalue weighted by molar-refractivity contribution is -0.123. The van der Waals surface area contributed by atoms with Crippen molar-refractivity contribution >= 4 is 29.3 Å². The van der Waals surface area contributed by atoms with Crippen LogP contribution in [0.25, 0.3) is 0 Å². The van der Waals surface area contributed by atoms with Gasteiger partial charge in [0.1, 0.15) is 0 Å². The van der Waals surface area contributed by atoms with Crippen molar-refractivity contribution < 1.29 is 23.9 Å². The third-order valence-electron chi connectivity index (χ3n) is 6.25. The molecule has 2 amide bonds. The maximum Gasteiger partial charge on any atom is 0.338 e. The minimum Gasteiger partial charge on any atom is -0.454 e. The zero-order chi connectivity index (χ0) is 23.5. The van der Waals surface area contributed by atoms with Crippen molar-refractivity contribution in [2.75, 3.05) is 24.6 Å². The van der Waals surface area contributed by atoms with Crippen LogP contribution in [0.3, 0.4) is 0 Å². The van der Waals surface area contributed by atoms with Crippen molar-refractivity contribution in [3.63, 3.8) is 0 Å². The lowest BCUT2D eigenvalue weighted by Gasteiger charge is -2.37. The van der Waals surface area contributed by atoms with E-state index in [9.17, 15) is 19.2 Å². The van der Waals surface area contributed by atoms with E-state index in [2.05, 4.69) is 18.7 Å². The Morgan fingerprint density at radius 2 is 1.55 bits per heavy atom. The molecule has 2 heterocycles. The summed E-state index contributed by atoms with van der Waals surface area (Å²) < 4.78 is 5.13. The number of benzene rings is 2. The molecule has 172 valence electrons. The van der Waals surface area contributed by atoms with Crippen LogP contribution in [-0.4, -0.2) is 54.2 Å². The van der Waals surface area contributed by atoms with Gasteiger partial charge in [0.05, 0.1) is 23.7 Å². The van der Waals surface area contributed by atoms with Gasteiger partial charge in [0.2, 0.25) is 5.91 Å². The second-order valence-electron chi connectivity index (χ2n) is 9.10. The molecule has 0 aliphatic carbocycles. The summed E-state index contributed by atoms with van der Waals surface area (Å²) in [6.45, 7) is 5.62. The maximum absolute atomic E-state index is 13.1. The highest BCUT2D eigenvalue weighted by Gasteiger charge is 2.44. The molecular weight excluding hydrogens is 420 g/mol. The molecule has 3 atom stereocenters. The van der Waals surface area contributed by atoms with Crippen molar-refractivity contribution in [1.29, 1.82) is 0 Å². The quantitative estimate of drug-likeness (QED) is 0.383. The summed E-state index contributed by atoms with van der Waals surface area (Å²) in [5.41, 5.74) is 1.15. The minimum atomic E-state index is -0.640. The zero-order valence-corrected chi connectivity index (χ0v) is 18.9. The summed E-state index contributed by atoms with van der Waals surface area (Å²) in [6.07, 6.45) is 1.30. The SMILES string of the molecule is CC1CC(C)CN(C2CC(=O)N(c3ccc(C(=O)OCC(=O)c4ccccc4)cc3)C2=O)C1. The monoisotopic (exact) mass is 448 g/mol. The van der Waals surface area contributed by atoms with E-state index in [-0.39, 0.29) is 36.2 Å². The van der Waals surface area contributed by atoms with Crippen LogP contribution < -0.4 is 4.90 Å². The zero-order valence-electron chi connectivity index (χ0n) is 18.9. The number of imide groups is 1. The Hall–Kier alpha value is -3.32. The van der Waals surface area contributed by atoms with Gasteiger partial charge in [-0.1, -0.05) is 44.2 Å². The highest BCUT2D eigenvalue weighted by molar-refractivity contribution is 6.22. The van der Waals surface area contributed by atoms with Crippen molar-refractivity contribution in [2.45, 2.75) is 32.7 Å². The van der Waals surface area contributed by atoms with E-state index in [4.69, 9.17) is 4.74 Å². The molecule has 0 aromatic heterocycles. The highest BCUT2D eigenvalue weighted by Crippen LogP contribution is 2.30. The molecule has 0 N–H and O–H groups in total. The van der Waals surface area contributed by atoms with Gasteiger partial charge in [-0.25, -0.2) is 9.69 Å². The number of amides is 2. The predicted molar refractivity (Wildman–Crippen MR) is 123 cm³/mol. The highest BCUT2D eigenvalue weighted by atomic mass is 16.5. The lowest BCUT2D eigenvalue weighted by atomic mass is 9.90. The lowest BCUT2D eigenvalue weighted by Crippen LogP contribution is -2.48. The first kappa shape index (κ1) is 22.9. The molecule has 2 aromatic rings. The Bertz CT molecular complexity index is 1040. The van der Waals surface area contributed by atoms with E-state index in [0.717, 1.165) is 19.5 Å². The summed E-state index contributed by atoms with van der Waals surface area (Å²) in [5.74, 6) is -0.403. The molecule has 0 bridgehead atoms. The van der Waals surface area contributed by atoms with E-state index in [0.29, 0.717) is 23.1 Å². The molecule has 2 aromatic carbocycles. The number of ketones is 1. The number of ether oxygens (including phenoxy) is 1. The fourth-order valence-corrected chi connectivity index (χ4v) is 4.81. The van der Waals surface area contributed by atoms with Gasteiger partial charge in [-0.05, 0) is 42.5 Å². The fourth-order valence-electron chi connectivity index (χ4n) is 4.81. The first-order valence-corrected chi connectivity index (χ1v) is 11.3. The predicted octanol–water partition coefficient (Wildman–Crippen LogP) is 3.34. The average Bonchev–Trinajstić information content (AvgIpc) is 3.11. The van der Waals surface area contributed by atoms with Gasteiger partial charge >= 0.3 is 5.97 Å². The summed E-state index contributed by atoms with van der Waals surface area (Å²) in [5, 5.41) is 0. The van der Waals surface area contributed by atoms with E-state index in [1.807, 2.05) is 0 Å². The molecule has 3 unspecified atom stereocenters. The van der Waals surface area contributed by atoms with Crippen LogP contribution in [0.5, 0.6) is 0 Å². The Balaban J connectivity index is 1.39. The number of nitrogens with zero attached hydrogens (tertiary/aromatic N) is 2. The number of piperidine rings is 1. The summed E-state index contributed by atoms with van der Waals surface area (Å²) >= 11 is 0. The number of rotatable bonds is 6. The van der Waals surface area contributed by atoms with E-state index >= 15 is 0 Å². The molecule has 0 spiro atoms. The third-order valence-corrected chi connectivity index (χ3v) is 6.25. The molecule has 2 fully saturated rings. The van der Waals surface area contributed by atoms with Crippen molar-refractivity contribution in [2.24, 2.45) is 11.8 Å². The molecule has 2 aliphatic rings. The fraction of sp³-hybridized carbons (Fsp3) is 0.385. The molecular formula is C26H28N2O5. The number of esters is 1. The molecule has 4 rings (SSSR count).